The molecule has 1 aliphatic heterocycles. The second kappa shape index (κ2) is 13.3. The maximum absolute atomic E-state index is 13.2. The highest BCUT2D eigenvalue weighted by molar-refractivity contribution is 5.81. The van der Waals surface area contributed by atoms with Gasteiger partial charge in [0.15, 0.2) is 0 Å². The molecule has 1 aromatic heterocycles. The smallest absolute Gasteiger partial charge is 0.433 e. The highest BCUT2D eigenvalue weighted by Gasteiger charge is 2.34. The molecule has 1 aliphatic carbocycles. The number of methoxy groups -OCH3 is 1. The number of hydrogen-bond donors (Lipinski definition) is 1. The van der Waals surface area contributed by atoms with E-state index in [0.29, 0.717) is 26.1 Å². The third-order valence-electron chi connectivity index (χ3n) is 6.89. The lowest BCUT2D eigenvalue weighted by molar-refractivity contribution is -0.141. The zero-order valence-corrected chi connectivity index (χ0v) is 23.0. The van der Waals surface area contributed by atoms with Crippen LogP contribution in [0.3, 0.4) is 0 Å². The van der Waals surface area contributed by atoms with Crippen LogP contribution in [0.4, 0.5) is 19.1 Å². The van der Waals surface area contributed by atoms with E-state index in [0.717, 1.165) is 58.7 Å². The third-order valence-corrected chi connectivity index (χ3v) is 6.89. The number of aromatic nitrogens is 2. The number of nitrogens with one attached hydrogen (secondary N) is 1. The van der Waals surface area contributed by atoms with Gasteiger partial charge in [-0.1, -0.05) is 61.7 Å². The second-order valence-electron chi connectivity index (χ2n) is 9.72. The number of hydrogen-bond acceptors (Lipinski definition) is 5. The summed E-state index contributed by atoms with van der Waals surface area (Å²) >= 11 is 0. The van der Waals surface area contributed by atoms with E-state index in [9.17, 15) is 18.0 Å². The first kappa shape index (κ1) is 29.6. The minimum atomic E-state index is -4.54. The lowest BCUT2D eigenvalue weighted by atomic mass is 9.87. The molecule has 2 aromatic carbocycles. The van der Waals surface area contributed by atoms with E-state index in [2.05, 4.69) is 28.4 Å². The molecule has 9 heteroatoms. The van der Waals surface area contributed by atoms with Crippen LogP contribution in [0.1, 0.15) is 35.2 Å². The first-order chi connectivity index (χ1) is 19.7. The fraction of sp³-hybridized carbons (Fsp3) is 0.281. The molecule has 5 rings (SSSR count). The van der Waals surface area contributed by atoms with Crippen molar-refractivity contribution in [1.29, 1.82) is 0 Å². The Bertz CT molecular complexity index is 1420. The van der Waals surface area contributed by atoms with E-state index < -0.39 is 11.9 Å². The molecule has 0 bridgehead atoms. The van der Waals surface area contributed by atoms with Gasteiger partial charge in [0.25, 0.3) is 0 Å². The number of carbonyl (C=O) groups excluding carboxylic acids is 1. The Balaban J connectivity index is 0.000000585. The molecular weight excluding hydrogens is 529 g/mol. The van der Waals surface area contributed by atoms with Gasteiger partial charge in [-0.25, -0.2) is 9.97 Å². The molecule has 1 amide bonds. The molecule has 3 aromatic rings. The number of nitrogens with zero attached hydrogens (tertiary/aromatic N) is 3. The average Bonchev–Trinajstić information content (AvgIpc) is 3.84. The Labute approximate surface area is 238 Å². The van der Waals surface area contributed by atoms with E-state index in [1.807, 2.05) is 48.6 Å². The van der Waals surface area contributed by atoms with Crippen LogP contribution in [0.5, 0.6) is 5.75 Å². The van der Waals surface area contributed by atoms with Crippen LogP contribution in [0.25, 0.3) is 11.1 Å². The number of anilines is 1. The van der Waals surface area contributed by atoms with Crippen molar-refractivity contribution in [2.75, 3.05) is 18.6 Å². The van der Waals surface area contributed by atoms with Gasteiger partial charge in [0.1, 0.15) is 11.4 Å². The lowest BCUT2D eigenvalue weighted by Gasteiger charge is -2.32. The Kier molecular flexibility index (Phi) is 9.60. The van der Waals surface area contributed by atoms with Crippen molar-refractivity contribution in [2.45, 2.75) is 38.5 Å². The highest BCUT2D eigenvalue weighted by atomic mass is 19.4. The molecule has 0 radical (unpaired) electrons. The summed E-state index contributed by atoms with van der Waals surface area (Å²) in [5, 5.41) is 3.01. The van der Waals surface area contributed by atoms with E-state index in [1.54, 1.807) is 24.2 Å². The molecule has 0 atom stereocenters. The van der Waals surface area contributed by atoms with Gasteiger partial charge in [-0.2, -0.15) is 13.2 Å². The van der Waals surface area contributed by atoms with Gasteiger partial charge in [0.05, 0.1) is 7.11 Å². The van der Waals surface area contributed by atoms with Gasteiger partial charge in [-0.05, 0) is 65.3 Å². The zero-order chi connectivity index (χ0) is 29.4. The number of alkyl halides is 3. The summed E-state index contributed by atoms with van der Waals surface area (Å²) in [6, 6.07) is 12.7. The molecule has 0 saturated heterocycles. The summed E-state index contributed by atoms with van der Waals surface area (Å²) in [5.74, 6) is 0.929. The summed E-state index contributed by atoms with van der Waals surface area (Å²) < 4.78 is 45.1. The van der Waals surface area contributed by atoms with Gasteiger partial charge in [-0.3, -0.25) is 4.79 Å². The van der Waals surface area contributed by atoms with Crippen molar-refractivity contribution in [3.63, 3.8) is 0 Å². The molecule has 6 nitrogen and oxygen atoms in total. The topological polar surface area (TPSA) is 67.3 Å². The van der Waals surface area contributed by atoms with E-state index in [-0.39, 0.29) is 17.8 Å². The van der Waals surface area contributed by atoms with Crippen molar-refractivity contribution >= 4 is 11.9 Å². The van der Waals surface area contributed by atoms with Crippen molar-refractivity contribution in [1.82, 2.24) is 15.3 Å². The first-order valence-corrected chi connectivity index (χ1v) is 13.4. The van der Waals surface area contributed by atoms with E-state index in [4.69, 9.17) is 4.74 Å². The fourth-order valence-electron chi connectivity index (χ4n) is 4.63. The molecule has 2 heterocycles. The number of ether oxygens (including phenoxy) is 1. The summed E-state index contributed by atoms with van der Waals surface area (Å²) in [5.41, 5.74) is 4.11. The Hall–Kier alpha value is -4.40. The Morgan fingerprint density at radius 2 is 1.88 bits per heavy atom. The molecule has 0 spiro atoms. The molecule has 1 saturated carbocycles. The van der Waals surface area contributed by atoms with Gasteiger partial charge in [0.2, 0.25) is 11.9 Å². The van der Waals surface area contributed by atoms with Crippen molar-refractivity contribution < 1.29 is 22.7 Å². The van der Waals surface area contributed by atoms with E-state index >= 15 is 0 Å². The van der Waals surface area contributed by atoms with Crippen LogP contribution < -0.4 is 15.0 Å². The Morgan fingerprint density at radius 1 is 1.12 bits per heavy atom. The molecule has 1 N–H and O–H groups in total. The van der Waals surface area contributed by atoms with Crippen LogP contribution in [-0.4, -0.2) is 29.5 Å². The highest BCUT2D eigenvalue weighted by Crippen LogP contribution is 2.36. The quantitative estimate of drug-likeness (QED) is 0.311. The number of halogens is 3. The number of carbonyl (C=O) groups is 1. The summed E-state index contributed by atoms with van der Waals surface area (Å²) in [7, 11) is 1.62. The molecule has 0 unspecified atom stereocenters. The largest absolute Gasteiger partial charge is 0.497 e. The maximum Gasteiger partial charge on any atom is 0.433 e. The fourth-order valence-corrected chi connectivity index (χ4v) is 4.63. The first-order valence-electron chi connectivity index (χ1n) is 13.4. The lowest BCUT2D eigenvalue weighted by Crippen LogP contribution is -2.34. The summed E-state index contributed by atoms with van der Waals surface area (Å²) in [6.07, 6.45) is 6.11. The predicted molar refractivity (Wildman–Crippen MR) is 154 cm³/mol. The normalized spacial score (nSPS) is 14.5. The van der Waals surface area contributed by atoms with Crippen LogP contribution in [0, 0.1) is 5.92 Å². The summed E-state index contributed by atoms with van der Waals surface area (Å²) in [4.78, 5) is 21.9. The number of allylic oxidation sites excluding steroid dienone is 4. The standard InChI is InChI=1S/C26H25F3N4O2.C6H8/c1-35-19-4-2-3-17(13-19)20-8-7-18(14-31-24(34)16-5-6-16)22-15-33(12-10-21(20)22)25-30-11-9-23(32-25)26(27,28)29;1-3-5-6-4-2/h2-4,7-9,11,13,16H,5-6,10,12,14-15H2,1H3,(H,31,34);3-6H,1-2H2/b;6-5-. The van der Waals surface area contributed by atoms with Gasteiger partial charge in [-0.15, -0.1) is 0 Å². The molecule has 214 valence electrons. The summed E-state index contributed by atoms with van der Waals surface area (Å²) in [6.45, 7) is 8.12. The van der Waals surface area contributed by atoms with Crippen LogP contribution in [0.2, 0.25) is 0 Å². The van der Waals surface area contributed by atoms with Gasteiger partial charge >= 0.3 is 6.18 Å². The van der Waals surface area contributed by atoms with Gasteiger partial charge in [0, 0.05) is 31.7 Å². The van der Waals surface area contributed by atoms with Crippen LogP contribution >= 0.6 is 0 Å². The van der Waals surface area contributed by atoms with Crippen molar-refractivity contribution in [2.24, 2.45) is 5.92 Å². The number of rotatable bonds is 8. The number of fused-ring (bicyclic) bond motifs is 1. The third kappa shape index (κ3) is 7.63. The monoisotopic (exact) mass is 562 g/mol. The molecular formula is C32H33F3N4O2. The molecule has 41 heavy (non-hydrogen) atoms. The average molecular weight is 563 g/mol. The number of amides is 1. The second-order valence-corrected chi connectivity index (χ2v) is 9.72. The maximum atomic E-state index is 13.2. The number of benzene rings is 2. The molecule has 1 fully saturated rings. The zero-order valence-electron chi connectivity index (χ0n) is 23.0. The van der Waals surface area contributed by atoms with Crippen LogP contribution in [-0.2, 0) is 30.5 Å². The predicted octanol–water partition coefficient (Wildman–Crippen LogP) is 6.67. The minimum Gasteiger partial charge on any atom is -0.497 e. The van der Waals surface area contributed by atoms with Crippen LogP contribution in [0.15, 0.2) is 86.1 Å². The Morgan fingerprint density at radius 3 is 2.54 bits per heavy atom. The minimum absolute atomic E-state index is 0.0458. The van der Waals surface area contributed by atoms with E-state index in [1.165, 1.54) is 0 Å². The SMILES string of the molecule is C=C/C=C\C=C.COc1cccc(-c2ccc(CNC(=O)C3CC3)c3c2CCN(c2nccc(C(F)(F)F)n2)C3)c1. The van der Waals surface area contributed by atoms with Crippen molar-refractivity contribution in [3.05, 3.63) is 109 Å². The molecule has 2 aliphatic rings. The van der Waals surface area contributed by atoms with Crippen molar-refractivity contribution in [3.8, 4) is 16.9 Å². The van der Waals surface area contributed by atoms with Gasteiger partial charge < -0.3 is 15.0 Å².